The van der Waals surface area contributed by atoms with Gasteiger partial charge in [-0.2, -0.15) is 5.26 Å². The van der Waals surface area contributed by atoms with Gasteiger partial charge < -0.3 is 5.73 Å². The van der Waals surface area contributed by atoms with Gasteiger partial charge in [-0.25, -0.2) is 0 Å². The zero-order valence-electron chi connectivity index (χ0n) is 11.0. The molecular weight excluding hydrogens is 222 g/mol. The third-order valence-electron chi connectivity index (χ3n) is 3.91. The largest absolute Gasteiger partial charge is 0.328 e. The number of benzene rings is 1. The van der Waals surface area contributed by atoms with Gasteiger partial charge >= 0.3 is 0 Å². The molecule has 1 aromatic rings. The Morgan fingerprint density at radius 2 is 2.06 bits per heavy atom. The molecule has 3 nitrogen and oxygen atoms in total. The molecule has 1 unspecified atom stereocenters. The third kappa shape index (κ3) is 3.10. The molecule has 3 heteroatoms. The molecule has 0 aromatic heterocycles. The van der Waals surface area contributed by atoms with E-state index in [0.29, 0.717) is 12.0 Å². The molecule has 0 spiro atoms. The first-order valence-corrected chi connectivity index (χ1v) is 6.66. The van der Waals surface area contributed by atoms with Crippen LogP contribution < -0.4 is 5.73 Å². The highest BCUT2D eigenvalue weighted by atomic mass is 15.1. The summed E-state index contributed by atoms with van der Waals surface area (Å²) in [4.78, 5) is 2.43. The average molecular weight is 243 g/mol. The number of nitrogens with two attached hydrogens (primary N) is 1. The molecule has 1 aliphatic heterocycles. The molecule has 1 aromatic carbocycles. The first-order valence-electron chi connectivity index (χ1n) is 6.66. The van der Waals surface area contributed by atoms with Crippen LogP contribution in [0.2, 0.25) is 0 Å². The highest BCUT2D eigenvalue weighted by molar-refractivity contribution is 5.37. The van der Waals surface area contributed by atoms with Crippen molar-refractivity contribution in [3.8, 4) is 6.07 Å². The number of likely N-dealkylation sites (tertiary alicyclic amines) is 1. The molecule has 18 heavy (non-hydrogen) atoms. The van der Waals surface area contributed by atoms with Gasteiger partial charge in [-0.1, -0.05) is 18.2 Å². The fraction of sp³-hybridized carbons (Fsp3) is 0.533. The van der Waals surface area contributed by atoms with E-state index >= 15 is 0 Å². The summed E-state index contributed by atoms with van der Waals surface area (Å²) in [5.41, 5.74) is 7.89. The van der Waals surface area contributed by atoms with Gasteiger partial charge in [-0.15, -0.1) is 0 Å². The number of rotatable bonds is 3. The van der Waals surface area contributed by atoms with E-state index < -0.39 is 0 Å². The lowest BCUT2D eigenvalue weighted by molar-refractivity contribution is 0.165. The summed E-state index contributed by atoms with van der Waals surface area (Å²) in [6.07, 6.45) is 2.35. The Hall–Kier alpha value is -1.37. The lowest BCUT2D eigenvalue weighted by atomic mass is 9.90. The molecule has 96 valence electrons. The predicted molar refractivity (Wildman–Crippen MR) is 72.8 cm³/mol. The van der Waals surface area contributed by atoms with Crippen LogP contribution in [0.3, 0.4) is 0 Å². The number of hydrogen-bond acceptors (Lipinski definition) is 3. The van der Waals surface area contributed by atoms with E-state index in [9.17, 15) is 0 Å². The normalized spacial score (nSPS) is 19.4. The molecule has 1 atom stereocenters. The lowest BCUT2D eigenvalue weighted by Crippen LogP contribution is -2.39. The van der Waals surface area contributed by atoms with Gasteiger partial charge in [0.25, 0.3) is 0 Å². The average Bonchev–Trinajstić information content (AvgIpc) is 2.40. The van der Waals surface area contributed by atoms with Crippen molar-refractivity contribution < 1.29 is 0 Å². The van der Waals surface area contributed by atoms with Crippen LogP contribution in [0.25, 0.3) is 0 Å². The van der Waals surface area contributed by atoms with E-state index in [2.05, 4.69) is 24.0 Å². The minimum absolute atomic E-state index is 0.304. The summed E-state index contributed by atoms with van der Waals surface area (Å²) in [7, 11) is 0. The molecule has 1 heterocycles. The molecule has 0 bridgehead atoms. The van der Waals surface area contributed by atoms with Crippen molar-refractivity contribution in [2.45, 2.75) is 32.4 Å². The van der Waals surface area contributed by atoms with Crippen molar-refractivity contribution in [1.29, 1.82) is 5.26 Å². The molecule has 2 rings (SSSR count). The molecule has 0 saturated carbocycles. The van der Waals surface area contributed by atoms with Crippen LogP contribution in [0, 0.1) is 17.2 Å². The Kier molecular flexibility index (Phi) is 4.35. The standard InChI is InChI=1S/C15H21N3/c1-12(17)13-6-8-18(9-7-13)11-15-5-3-2-4-14(15)10-16/h2-5,12-13H,6-9,11,17H2,1H3. The fourth-order valence-corrected chi connectivity index (χ4v) is 2.64. The van der Waals surface area contributed by atoms with Crippen LogP contribution in [-0.2, 0) is 6.54 Å². The van der Waals surface area contributed by atoms with E-state index in [1.165, 1.54) is 12.8 Å². The first kappa shape index (κ1) is 13.1. The van der Waals surface area contributed by atoms with E-state index in [4.69, 9.17) is 11.0 Å². The van der Waals surface area contributed by atoms with Crippen LogP contribution in [0.4, 0.5) is 0 Å². The Morgan fingerprint density at radius 1 is 1.39 bits per heavy atom. The first-order chi connectivity index (χ1) is 8.70. The quantitative estimate of drug-likeness (QED) is 0.884. The number of hydrogen-bond donors (Lipinski definition) is 1. The SMILES string of the molecule is CC(N)C1CCN(Cc2ccccc2C#N)CC1. The Balaban J connectivity index is 1.94. The minimum atomic E-state index is 0.304. The smallest absolute Gasteiger partial charge is 0.0995 e. The Morgan fingerprint density at radius 3 is 2.67 bits per heavy atom. The van der Waals surface area contributed by atoms with E-state index in [1.54, 1.807) is 0 Å². The van der Waals surface area contributed by atoms with E-state index in [-0.39, 0.29) is 0 Å². The maximum atomic E-state index is 9.08. The van der Waals surface area contributed by atoms with Crippen molar-refractivity contribution in [2.75, 3.05) is 13.1 Å². The van der Waals surface area contributed by atoms with Crippen LogP contribution in [-0.4, -0.2) is 24.0 Å². The van der Waals surface area contributed by atoms with Crippen molar-refractivity contribution in [3.05, 3.63) is 35.4 Å². The van der Waals surface area contributed by atoms with Gasteiger partial charge in [-0.3, -0.25) is 4.90 Å². The van der Waals surface area contributed by atoms with Crippen molar-refractivity contribution >= 4 is 0 Å². The minimum Gasteiger partial charge on any atom is -0.328 e. The summed E-state index contributed by atoms with van der Waals surface area (Å²) in [5, 5.41) is 9.08. The van der Waals surface area contributed by atoms with Gasteiger partial charge in [0, 0.05) is 12.6 Å². The third-order valence-corrected chi connectivity index (χ3v) is 3.91. The highest BCUT2D eigenvalue weighted by Gasteiger charge is 2.22. The molecule has 1 aliphatic rings. The maximum Gasteiger partial charge on any atom is 0.0995 e. The number of piperidine rings is 1. The number of nitriles is 1. The topological polar surface area (TPSA) is 53.0 Å². The second kappa shape index (κ2) is 5.99. The van der Waals surface area contributed by atoms with Gasteiger partial charge in [-0.05, 0) is 50.4 Å². The van der Waals surface area contributed by atoms with E-state index in [1.807, 2.05) is 18.2 Å². The summed E-state index contributed by atoms with van der Waals surface area (Å²) in [6, 6.07) is 10.4. The van der Waals surface area contributed by atoms with Gasteiger partial charge in [0.1, 0.15) is 0 Å². The monoisotopic (exact) mass is 243 g/mol. The summed E-state index contributed by atoms with van der Waals surface area (Å²) >= 11 is 0. The molecule has 0 radical (unpaired) electrons. The lowest BCUT2D eigenvalue weighted by Gasteiger charge is -2.33. The second-order valence-electron chi connectivity index (χ2n) is 5.24. The van der Waals surface area contributed by atoms with Crippen LogP contribution in [0.1, 0.15) is 30.9 Å². The van der Waals surface area contributed by atoms with Gasteiger partial charge in [0.2, 0.25) is 0 Å². The van der Waals surface area contributed by atoms with Gasteiger partial charge in [0.05, 0.1) is 11.6 Å². The summed E-state index contributed by atoms with van der Waals surface area (Å²) in [6.45, 7) is 5.17. The second-order valence-corrected chi connectivity index (χ2v) is 5.24. The molecule has 0 amide bonds. The zero-order valence-corrected chi connectivity index (χ0v) is 11.0. The molecule has 2 N–H and O–H groups in total. The van der Waals surface area contributed by atoms with Crippen molar-refractivity contribution in [2.24, 2.45) is 11.7 Å². The Labute approximate surface area is 109 Å². The van der Waals surface area contributed by atoms with Crippen LogP contribution >= 0.6 is 0 Å². The Bertz CT molecular complexity index is 426. The van der Waals surface area contributed by atoms with Crippen LogP contribution in [0.15, 0.2) is 24.3 Å². The summed E-state index contributed by atoms with van der Waals surface area (Å²) < 4.78 is 0. The zero-order chi connectivity index (χ0) is 13.0. The molecule has 0 aliphatic carbocycles. The van der Waals surface area contributed by atoms with Gasteiger partial charge in [0.15, 0.2) is 0 Å². The van der Waals surface area contributed by atoms with Crippen molar-refractivity contribution in [3.63, 3.8) is 0 Å². The predicted octanol–water partition coefficient (Wildman–Crippen LogP) is 2.12. The van der Waals surface area contributed by atoms with E-state index in [0.717, 1.165) is 30.8 Å². The number of nitrogens with zero attached hydrogens (tertiary/aromatic N) is 2. The molecule has 1 saturated heterocycles. The van der Waals surface area contributed by atoms with Crippen LogP contribution in [0.5, 0.6) is 0 Å². The fourth-order valence-electron chi connectivity index (χ4n) is 2.64. The summed E-state index contributed by atoms with van der Waals surface area (Å²) in [5.74, 6) is 0.660. The van der Waals surface area contributed by atoms with Crippen molar-refractivity contribution in [1.82, 2.24) is 4.90 Å². The highest BCUT2D eigenvalue weighted by Crippen LogP contribution is 2.21. The molecular formula is C15H21N3. The maximum absolute atomic E-state index is 9.08. The molecule has 1 fully saturated rings.